The number of amides is 2. The Kier molecular flexibility index (Phi) is 5.74. The van der Waals surface area contributed by atoms with E-state index in [2.05, 4.69) is 10.6 Å². The number of halogens is 1. The highest BCUT2D eigenvalue weighted by Crippen LogP contribution is 2.20. The van der Waals surface area contributed by atoms with Gasteiger partial charge in [-0.15, -0.1) is 0 Å². The lowest BCUT2D eigenvalue weighted by atomic mass is 10.1. The van der Waals surface area contributed by atoms with Crippen molar-refractivity contribution in [2.75, 3.05) is 17.7 Å². The number of nitrogens with one attached hydrogen (secondary N) is 2. The number of benzene rings is 3. The van der Waals surface area contributed by atoms with Gasteiger partial charge in [0, 0.05) is 16.3 Å². The molecule has 0 radical (unpaired) electrons. The largest absolute Gasteiger partial charge is 0.497 e. The summed E-state index contributed by atoms with van der Waals surface area (Å²) in [5, 5.41) is 6.07. The van der Waals surface area contributed by atoms with Crippen LogP contribution in [0.2, 0.25) is 5.02 Å². The van der Waals surface area contributed by atoms with Crippen LogP contribution in [0.1, 0.15) is 20.7 Å². The first-order chi connectivity index (χ1) is 13.1. The molecule has 3 rings (SSSR count). The van der Waals surface area contributed by atoms with Gasteiger partial charge in [-0.25, -0.2) is 0 Å². The zero-order valence-corrected chi connectivity index (χ0v) is 15.3. The summed E-state index contributed by atoms with van der Waals surface area (Å²) < 4.78 is 5.09. The SMILES string of the molecule is COc1ccc(C(=O)Nc2ccccc2C(=O)Nc2cccc(Cl)c2)cc1. The lowest BCUT2D eigenvalue weighted by Crippen LogP contribution is -2.18. The van der Waals surface area contributed by atoms with Gasteiger partial charge in [0.25, 0.3) is 11.8 Å². The minimum absolute atomic E-state index is 0.319. The number of ether oxygens (including phenoxy) is 1. The van der Waals surface area contributed by atoms with Crippen molar-refractivity contribution in [1.82, 2.24) is 0 Å². The standard InChI is InChI=1S/C21H17ClN2O3/c1-27-17-11-9-14(10-12-17)20(25)24-19-8-3-2-7-18(19)21(26)23-16-6-4-5-15(22)13-16/h2-13H,1H3,(H,23,26)(H,24,25). The van der Waals surface area contributed by atoms with Gasteiger partial charge in [-0.3, -0.25) is 9.59 Å². The second-order valence-electron chi connectivity index (χ2n) is 5.69. The number of para-hydroxylation sites is 1. The van der Waals surface area contributed by atoms with Crippen LogP contribution in [0.4, 0.5) is 11.4 Å². The normalized spacial score (nSPS) is 10.1. The number of anilines is 2. The molecule has 27 heavy (non-hydrogen) atoms. The maximum absolute atomic E-state index is 12.6. The molecular formula is C21H17ClN2O3. The number of methoxy groups -OCH3 is 1. The van der Waals surface area contributed by atoms with Gasteiger partial charge >= 0.3 is 0 Å². The Morgan fingerprint density at radius 1 is 0.852 bits per heavy atom. The van der Waals surface area contributed by atoms with Gasteiger partial charge in [0.15, 0.2) is 0 Å². The van der Waals surface area contributed by atoms with Crippen LogP contribution in [0.3, 0.4) is 0 Å². The molecule has 0 aliphatic heterocycles. The highest BCUT2D eigenvalue weighted by atomic mass is 35.5. The van der Waals surface area contributed by atoms with E-state index in [1.165, 1.54) is 0 Å². The van der Waals surface area contributed by atoms with E-state index < -0.39 is 0 Å². The van der Waals surface area contributed by atoms with Crippen LogP contribution in [0.15, 0.2) is 72.8 Å². The molecule has 2 amide bonds. The fraction of sp³-hybridized carbons (Fsp3) is 0.0476. The molecule has 5 nitrogen and oxygen atoms in total. The molecule has 136 valence electrons. The molecule has 3 aromatic carbocycles. The third-order valence-corrected chi connectivity index (χ3v) is 4.09. The van der Waals surface area contributed by atoms with E-state index in [9.17, 15) is 9.59 Å². The lowest BCUT2D eigenvalue weighted by molar-refractivity contribution is 0.102. The monoisotopic (exact) mass is 380 g/mol. The maximum atomic E-state index is 12.6. The molecule has 6 heteroatoms. The number of hydrogen-bond donors (Lipinski definition) is 2. The van der Waals surface area contributed by atoms with Gasteiger partial charge < -0.3 is 15.4 Å². The van der Waals surface area contributed by atoms with Crippen molar-refractivity contribution in [3.63, 3.8) is 0 Å². The van der Waals surface area contributed by atoms with Crippen molar-refractivity contribution in [2.45, 2.75) is 0 Å². The van der Waals surface area contributed by atoms with Crippen LogP contribution in [0, 0.1) is 0 Å². The zero-order valence-electron chi connectivity index (χ0n) is 14.5. The summed E-state index contributed by atoms with van der Waals surface area (Å²) in [6.07, 6.45) is 0. The van der Waals surface area contributed by atoms with Crippen molar-refractivity contribution >= 4 is 34.8 Å². The smallest absolute Gasteiger partial charge is 0.257 e. The highest BCUT2D eigenvalue weighted by molar-refractivity contribution is 6.31. The molecule has 0 heterocycles. The van der Waals surface area contributed by atoms with Gasteiger partial charge in [0.1, 0.15) is 5.75 Å². The van der Waals surface area contributed by atoms with E-state index >= 15 is 0 Å². The molecule has 0 saturated heterocycles. The average Bonchev–Trinajstić information content (AvgIpc) is 2.68. The maximum Gasteiger partial charge on any atom is 0.257 e. The molecule has 0 spiro atoms. The Morgan fingerprint density at radius 2 is 1.59 bits per heavy atom. The van der Waals surface area contributed by atoms with Gasteiger partial charge in [-0.2, -0.15) is 0 Å². The molecule has 0 fully saturated rings. The third kappa shape index (κ3) is 4.65. The quantitative estimate of drug-likeness (QED) is 0.664. The van der Waals surface area contributed by atoms with Crippen LogP contribution in [-0.2, 0) is 0 Å². The Morgan fingerprint density at radius 3 is 2.30 bits per heavy atom. The van der Waals surface area contributed by atoms with Gasteiger partial charge in [-0.05, 0) is 54.6 Å². The van der Waals surface area contributed by atoms with Crippen molar-refractivity contribution < 1.29 is 14.3 Å². The summed E-state index contributed by atoms with van der Waals surface area (Å²) >= 11 is 5.95. The molecular weight excluding hydrogens is 364 g/mol. The summed E-state index contributed by atoms with van der Waals surface area (Å²) in [6.45, 7) is 0. The van der Waals surface area contributed by atoms with Crippen LogP contribution in [-0.4, -0.2) is 18.9 Å². The molecule has 3 aromatic rings. The van der Waals surface area contributed by atoms with Crippen LogP contribution >= 0.6 is 11.6 Å². The van der Waals surface area contributed by atoms with Gasteiger partial charge in [-0.1, -0.05) is 29.8 Å². The number of carbonyl (C=O) groups excluding carboxylic acids is 2. The van der Waals surface area contributed by atoms with Crippen LogP contribution in [0.25, 0.3) is 0 Å². The van der Waals surface area contributed by atoms with Crippen LogP contribution in [0.5, 0.6) is 5.75 Å². The van der Waals surface area contributed by atoms with E-state index in [0.717, 1.165) is 0 Å². The Balaban J connectivity index is 1.78. The number of hydrogen-bond acceptors (Lipinski definition) is 3. The summed E-state index contributed by atoms with van der Waals surface area (Å²) in [7, 11) is 1.56. The number of rotatable bonds is 5. The van der Waals surface area contributed by atoms with E-state index in [1.54, 1.807) is 79.9 Å². The van der Waals surface area contributed by atoms with Crippen molar-refractivity contribution in [3.8, 4) is 5.75 Å². The first kappa shape index (κ1) is 18.5. The second-order valence-corrected chi connectivity index (χ2v) is 6.13. The highest BCUT2D eigenvalue weighted by Gasteiger charge is 2.14. The predicted octanol–water partition coefficient (Wildman–Crippen LogP) is 4.85. The van der Waals surface area contributed by atoms with Gasteiger partial charge in [0.2, 0.25) is 0 Å². The molecule has 0 unspecified atom stereocenters. The minimum atomic E-state index is -0.345. The topological polar surface area (TPSA) is 67.4 Å². The van der Waals surface area contributed by atoms with Crippen molar-refractivity contribution in [2.24, 2.45) is 0 Å². The van der Waals surface area contributed by atoms with Crippen LogP contribution < -0.4 is 15.4 Å². The zero-order chi connectivity index (χ0) is 19.2. The summed E-state index contributed by atoms with van der Waals surface area (Å²) in [6, 6.07) is 20.4. The molecule has 0 saturated carbocycles. The third-order valence-electron chi connectivity index (χ3n) is 3.85. The minimum Gasteiger partial charge on any atom is -0.497 e. The molecule has 0 bridgehead atoms. The molecule has 0 atom stereocenters. The molecule has 2 N–H and O–H groups in total. The molecule has 0 aliphatic rings. The van der Waals surface area contributed by atoms with Gasteiger partial charge in [0.05, 0.1) is 18.4 Å². The van der Waals surface area contributed by atoms with E-state index in [4.69, 9.17) is 16.3 Å². The summed E-state index contributed by atoms with van der Waals surface area (Å²) in [5.41, 5.74) is 1.79. The Bertz CT molecular complexity index is 971. The first-order valence-electron chi connectivity index (χ1n) is 8.18. The van der Waals surface area contributed by atoms with Crippen molar-refractivity contribution in [3.05, 3.63) is 88.9 Å². The predicted molar refractivity (Wildman–Crippen MR) is 107 cm³/mol. The Hall–Kier alpha value is -3.31. The summed E-state index contributed by atoms with van der Waals surface area (Å²) in [5.74, 6) is -0.00333. The van der Waals surface area contributed by atoms with E-state index in [0.29, 0.717) is 33.3 Å². The fourth-order valence-corrected chi connectivity index (χ4v) is 2.68. The molecule has 0 aromatic heterocycles. The fourth-order valence-electron chi connectivity index (χ4n) is 2.49. The van der Waals surface area contributed by atoms with E-state index in [1.807, 2.05) is 0 Å². The lowest BCUT2D eigenvalue weighted by Gasteiger charge is -2.12. The molecule has 0 aliphatic carbocycles. The summed E-state index contributed by atoms with van der Waals surface area (Å²) in [4.78, 5) is 25.1. The Labute approximate surface area is 161 Å². The second kappa shape index (κ2) is 8.38. The first-order valence-corrected chi connectivity index (χ1v) is 8.56. The average molecular weight is 381 g/mol. The number of carbonyl (C=O) groups is 2. The van der Waals surface area contributed by atoms with Crippen molar-refractivity contribution in [1.29, 1.82) is 0 Å². The van der Waals surface area contributed by atoms with E-state index in [-0.39, 0.29) is 11.8 Å².